The van der Waals surface area contributed by atoms with E-state index in [1.165, 1.54) is 14.0 Å². The fourth-order valence-corrected chi connectivity index (χ4v) is 7.97. The lowest BCUT2D eigenvalue weighted by Gasteiger charge is -2.24. The molecule has 0 saturated carbocycles. The van der Waals surface area contributed by atoms with Crippen molar-refractivity contribution in [3.63, 3.8) is 0 Å². The molecule has 0 bridgehead atoms. The molecule has 0 spiro atoms. The first kappa shape index (κ1) is 61.3. The summed E-state index contributed by atoms with van der Waals surface area (Å²) in [5.41, 5.74) is 5.03. The van der Waals surface area contributed by atoms with Crippen LogP contribution in [0.4, 0.5) is 4.79 Å². The zero-order valence-corrected chi connectivity index (χ0v) is 48.3. The summed E-state index contributed by atoms with van der Waals surface area (Å²) in [7, 11) is 7.69. The topological polar surface area (TPSA) is 195 Å². The second-order valence-electron chi connectivity index (χ2n) is 20.0. The van der Waals surface area contributed by atoms with Crippen LogP contribution in [0.5, 0.6) is 57.5 Å². The molecule has 0 heterocycles. The van der Waals surface area contributed by atoms with Gasteiger partial charge in [0.25, 0.3) is 0 Å². The summed E-state index contributed by atoms with van der Waals surface area (Å²) in [6.45, 7) is 7.48. The molecule has 0 aliphatic rings. The van der Waals surface area contributed by atoms with Crippen molar-refractivity contribution in [1.29, 1.82) is 0 Å². The Labute approximate surface area is 484 Å². The Kier molecular flexibility index (Phi) is 22.5. The highest BCUT2D eigenvalue weighted by atomic mass is 16.6. The van der Waals surface area contributed by atoms with Crippen molar-refractivity contribution in [2.45, 2.75) is 91.6 Å². The van der Waals surface area contributed by atoms with Crippen LogP contribution in [0.3, 0.4) is 0 Å². The predicted octanol–water partition coefficient (Wildman–Crippen LogP) is 11.3. The van der Waals surface area contributed by atoms with E-state index < -0.39 is 35.7 Å². The van der Waals surface area contributed by atoms with Crippen LogP contribution in [0.15, 0.2) is 152 Å². The predicted molar refractivity (Wildman–Crippen MR) is 310 cm³/mol. The van der Waals surface area contributed by atoms with Gasteiger partial charge in [-0.05, 0) is 152 Å². The van der Waals surface area contributed by atoms with Gasteiger partial charge in [0.1, 0.15) is 91.8 Å². The molecule has 0 saturated heterocycles. The minimum atomic E-state index is -1.26. The standard InChI is InChI=1S/C65H72N2O16/c1-43(63(69)75-9)66-62(68)57(67-64(70)83-65(2,3)4)42-76-35-50-30-55(77-40-48-18-28-58(79-36-44-10-20-51(71-5)21-11-44)60(32-48)81-38-46-14-24-53(73-7)25-15-46)34-56(31-50)78-41-49-19-29-59(80-37-45-12-22-52(72-6)23-13-45)61(33-49)82-39-47-16-26-54(74-8)27-17-47/h10-34,43,57H,35-42H2,1-9H3,(H,66,68)(H,67,70). The maximum atomic E-state index is 13.5. The molecule has 2 atom stereocenters. The third-order valence-electron chi connectivity index (χ3n) is 12.5. The van der Waals surface area contributed by atoms with Crippen molar-refractivity contribution in [2.75, 3.05) is 42.2 Å². The fourth-order valence-electron chi connectivity index (χ4n) is 7.97. The Morgan fingerprint density at radius 1 is 0.398 bits per heavy atom. The van der Waals surface area contributed by atoms with Crippen molar-refractivity contribution < 1.29 is 76.0 Å². The summed E-state index contributed by atoms with van der Waals surface area (Å²) in [6, 6.07) is 44.8. The lowest BCUT2D eigenvalue weighted by Crippen LogP contribution is -2.53. The number of benzene rings is 7. The number of amides is 2. The normalized spacial score (nSPS) is 11.7. The number of methoxy groups -OCH3 is 5. The second-order valence-corrected chi connectivity index (χ2v) is 20.0. The number of hydrogen-bond donors (Lipinski definition) is 2. The second kappa shape index (κ2) is 30.5. The molecule has 0 fully saturated rings. The van der Waals surface area contributed by atoms with E-state index in [0.717, 1.165) is 56.4 Å². The molecule has 2 unspecified atom stereocenters. The van der Waals surface area contributed by atoms with E-state index in [4.69, 9.17) is 61.6 Å². The molecular formula is C65H72N2O16. The number of esters is 1. The molecule has 18 nitrogen and oxygen atoms in total. The molecular weight excluding hydrogens is 1060 g/mol. The lowest BCUT2D eigenvalue weighted by atomic mass is 10.2. The maximum Gasteiger partial charge on any atom is 0.408 e. The number of hydrogen-bond acceptors (Lipinski definition) is 16. The molecule has 7 aromatic carbocycles. The average Bonchev–Trinajstić information content (AvgIpc) is 3.54. The highest BCUT2D eigenvalue weighted by Crippen LogP contribution is 2.34. The summed E-state index contributed by atoms with van der Waals surface area (Å²) < 4.78 is 76.2. The molecule has 2 amide bonds. The smallest absolute Gasteiger partial charge is 0.408 e. The molecule has 0 aliphatic heterocycles. The summed E-state index contributed by atoms with van der Waals surface area (Å²) in [4.78, 5) is 38.7. The monoisotopic (exact) mass is 1140 g/mol. The van der Waals surface area contributed by atoms with Crippen LogP contribution >= 0.6 is 0 Å². The van der Waals surface area contributed by atoms with E-state index in [1.54, 1.807) is 67.4 Å². The molecule has 18 heteroatoms. The van der Waals surface area contributed by atoms with Crippen molar-refractivity contribution in [2.24, 2.45) is 0 Å². The van der Waals surface area contributed by atoms with Gasteiger partial charge in [-0.3, -0.25) is 4.79 Å². The summed E-state index contributed by atoms with van der Waals surface area (Å²) in [5.74, 6) is 4.53. The summed E-state index contributed by atoms with van der Waals surface area (Å²) in [5, 5.41) is 5.13. The van der Waals surface area contributed by atoms with E-state index in [0.29, 0.717) is 40.1 Å². The maximum absolute atomic E-state index is 13.5. The van der Waals surface area contributed by atoms with Gasteiger partial charge < -0.3 is 72.2 Å². The first-order valence-electron chi connectivity index (χ1n) is 26.7. The van der Waals surface area contributed by atoms with Gasteiger partial charge in [0.05, 0.1) is 48.8 Å². The Morgan fingerprint density at radius 3 is 1.12 bits per heavy atom. The Hall–Kier alpha value is -9.29. The van der Waals surface area contributed by atoms with Gasteiger partial charge >= 0.3 is 12.1 Å². The van der Waals surface area contributed by atoms with Gasteiger partial charge in [0.2, 0.25) is 5.91 Å². The van der Waals surface area contributed by atoms with Crippen LogP contribution < -0.4 is 58.0 Å². The number of carbonyl (C=O) groups excluding carboxylic acids is 3. The minimum absolute atomic E-state index is 0.0624. The SMILES string of the molecule is COC(=O)C(C)NC(=O)C(COCc1cc(OCc2ccc(OCc3ccc(OC)cc3)c(OCc3ccc(OC)cc3)c2)cc(OCc2ccc(OCc3ccc(OC)cc3)c(OCc3ccc(OC)cc3)c2)c1)NC(=O)OC(C)(C)C. The summed E-state index contributed by atoms with van der Waals surface area (Å²) in [6.07, 6.45) is -0.852. The lowest BCUT2D eigenvalue weighted by molar-refractivity contribution is -0.145. The van der Waals surface area contributed by atoms with Gasteiger partial charge in [-0.2, -0.15) is 0 Å². The molecule has 83 heavy (non-hydrogen) atoms. The van der Waals surface area contributed by atoms with E-state index in [2.05, 4.69) is 10.6 Å². The van der Waals surface area contributed by atoms with Crippen molar-refractivity contribution in [3.05, 3.63) is 191 Å². The van der Waals surface area contributed by atoms with Crippen molar-refractivity contribution in [3.8, 4) is 57.5 Å². The third kappa shape index (κ3) is 19.7. The highest BCUT2D eigenvalue weighted by molar-refractivity contribution is 5.89. The number of rotatable bonds is 30. The van der Waals surface area contributed by atoms with Crippen LogP contribution in [-0.4, -0.2) is 77.8 Å². The Bertz CT molecular complexity index is 3010. The van der Waals surface area contributed by atoms with Crippen LogP contribution in [0.25, 0.3) is 0 Å². The van der Waals surface area contributed by atoms with Crippen molar-refractivity contribution in [1.82, 2.24) is 10.6 Å². The van der Waals surface area contributed by atoms with E-state index in [1.807, 2.05) is 133 Å². The fraction of sp³-hybridized carbons (Fsp3) is 0.308. The zero-order valence-electron chi connectivity index (χ0n) is 48.3. The minimum Gasteiger partial charge on any atom is -0.497 e. The molecule has 0 aliphatic carbocycles. The Morgan fingerprint density at radius 2 is 0.759 bits per heavy atom. The van der Waals surface area contributed by atoms with Gasteiger partial charge in [-0.15, -0.1) is 0 Å². The van der Waals surface area contributed by atoms with Crippen LogP contribution in [-0.2, 0) is 70.0 Å². The number of nitrogens with one attached hydrogen (secondary N) is 2. The quantitative estimate of drug-likeness (QED) is 0.0403. The van der Waals surface area contributed by atoms with Crippen molar-refractivity contribution >= 4 is 18.0 Å². The molecule has 2 N–H and O–H groups in total. The van der Waals surface area contributed by atoms with E-state index in [9.17, 15) is 14.4 Å². The molecule has 0 radical (unpaired) electrons. The number of ether oxygens (including phenoxy) is 13. The molecule has 7 aromatic rings. The largest absolute Gasteiger partial charge is 0.497 e. The first-order chi connectivity index (χ1) is 40.1. The highest BCUT2D eigenvalue weighted by Gasteiger charge is 2.28. The number of alkyl carbamates (subject to hydrolysis) is 1. The zero-order chi connectivity index (χ0) is 59.1. The van der Waals surface area contributed by atoms with Crippen LogP contribution in [0, 0.1) is 0 Å². The van der Waals surface area contributed by atoms with Gasteiger partial charge in [0.15, 0.2) is 23.0 Å². The molecule has 438 valence electrons. The molecule has 0 aromatic heterocycles. The Balaban J connectivity index is 1.14. The molecule has 7 rings (SSSR count). The van der Waals surface area contributed by atoms with Gasteiger partial charge in [-0.25, -0.2) is 9.59 Å². The van der Waals surface area contributed by atoms with Crippen LogP contribution in [0.2, 0.25) is 0 Å². The third-order valence-corrected chi connectivity index (χ3v) is 12.5. The van der Waals surface area contributed by atoms with Gasteiger partial charge in [-0.1, -0.05) is 60.7 Å². The number of carbonyl (C=O) groups is 3. The van der Waals surface area contributed by atoms with E-state index in [-0.39, 0.29) is 52.9 Å². The van der Waals surface area contributed by atoms with Crippen LogP contribution in [0.1, 0.15) is 66.6 Å². The average molecular weight is 1140 g/mol. The van der Waals surface area contributed by atoms with Gasteiger partial charge in [0, 0.05) is 6.07 Å². The van der Waals surface area contributed by atoms with E-state index >= 15 is 0 Å². The summed E-state index contributed by atoms with van der Waals surface area (Å²) >= 11 is 0. The first-order valence-corrected chi connectivity index (χ1v) is 26.7.